The average Bonchev–Trinajstić information content (AvgIpc) is 2.95. The summed E-state index contributed by atoms with van der Waals surface area (Å²) >= 11 is 6.34. The highest BCUT2D eigenvalue weighted by Gasteiger charge is 2.36. The van der Waals surface area contributed by atoms with Gasteiger partial charge in [0.15, 0.2) is 0 Å². The van der Waals surface area contributed by atoms with Crippen LogP contribution in [0, 0.1) is 5.82 Å². The van der Waals surface area contributed by atoms with E-state index in [0.717, 1.165) is 10.5 Å². The van der Waals surface area contributed by atoms with E-state index in [2.05, 4.69) is 5.32 Å². The summed E-state index contributed by atoms with van der Waals surface area (Å²) in [6.45, 7) is 0.334. The maximum Gasteiger partial charge on any atom is 0.335 e. The van der Waals surface area contributed by atoms with Gasteiger partial charge in [-0.2, -0.15) is 0 Å². The predicted octanol–water partition coefficient (Wildman–Crippen LogP) is 6.30. The fraction of sp³-hybridized carbons (Fsp3) is 0.0645. The van der Waals surface area contributed by atoms with E-state index in [-0.39, 0.29) is 22.9 Å². The fourth-order valence-electron chi connectivity index (χ4n) is 3.99. The molecule has 9 heteroatoms. The molecule has 5 rings (SSSR count). The number of nitrogens with zero attached hydrogens (tertiary/aromatic N) is 1. The first-order chi connectivity index (χ1) is 19.4. The molecule has 1 N–H and O–H groups in total. The van der Waals surface area contributed by atoms with Crippen LogP contribution < -0.4 is 19.7 Å². The second-order valence-corrected chi connectivity index (χ2v) is 9.20. The van der Waals surface area contributed by atoms with Crippen molar-refractivity contribution in [2.45, 2.75) is 13.2 Å². The highest BCUT2D eigenvalue weighted by Crippen LogP contribution is 2.29. The van der Waals surface area contributed by atoms with E-state index in [1.165, 1.54) is 18.2 Å². The molecule has 4 amide bonds. The number of ether oxygens (including phenoxy) is 2. The summed E-state index contributed by atoms with van der Waals surface area (Å²) in [5.74, 6) is -1.16. The largest absolute Gasteiger partial charge is 0.489 e. The number of carbonyl (C=O) groups excluding carboxylic acids is 3. The maximum absolute atomic E-state index is 13.9. The molecule has 1 aliphatic heterocycles. The lowest BCUT2D eigenvalue weighted by Crippen LogP contribution is -2.54. The Labute approximate surface area is 234 Å². The molecule has 1 saturated heterocycles. The van der Waals surface area contributed by atoms with Crippen molar-refractivity contribution in [2.75, 3.05) is 4.90 Å². The van der Waals surface area contributed by atoms with Crippen molar-refractivity contribution in [3.63, 3.8) is 0 Å². The zero-order valence-electron chi connectivity index (χ0n) is 21.0. The van der Waals surface area contributed by atoms with Crippen LogP contribution in [0.1, 0.15) is 16.7 Å². The summed E-state index contributed by atoms with van der Waals surface area (Å²) in [6, 6.07) is 26.0. The highest BCUT2D eigenvalue weighted by molar-refractivity contribution is 6.39. The minimum Gasteiger partial charge on any atom is -0.489 e. The van der Waals surface area contributed by atoms with E-state index < -0.39 is 23.7 Å². The molecule has 200 valence electrons. The van der Waals surface area contributed by atoms with E-state index >= 15 is 0 Å². The third kappa shape index (κ3) is 6.03. The topological polar surface area (TPSA) is 84.9 Å². The van der Waals surface area contributed by atoms with Crippen LogP contribution in [0.15, 0.2) is 103 Å². The number of barbiturate groups is 1. The van der Waals surface area contributed by atoms with Crippen molar-refractivity contribution in [1.29, 1.82) is 0 Å². The molecule has 1 fully saturated rings. The lowest BCUT2D eigenvalue weighted by atomic mass is 10.1. The number of urea groups is 1. The van der Waals surface area contributed by atoms with E-state index in [4.69, 9.17) is 21.1 Å². The van der Waals surface area contributed by atoms with E-state index in [9.17, 15) is 18.8 Å². The minimum atomic E-state index is -0.861. The maximum atomic E-state index is 13.9. The molecule has 4 aromatic rings. The first-order valence-corrected chi connectivity index (χ1v) is 12.6. The summed E-state index contributed by atoms with van der Waals surface area (Å²) in [5.41, 5.74) is 1.81. The zero-order chi connectivity index (χ0) is 28.1. The van der Waals surface area contributed by atoms with Gasteiger partial charge in [0.1, 0.15) is 36.1 Å². The Balaban J connectivity index is 1.30. The summed E-state index contributed by atoms with van der Waals surface area (Å²) in [6.07, 6.45) is 1.33. The summed E-state index contributed by atoms with van der Waals surface area (Å²) in [5, 5.41) is 2.40. The van der Waals surface area contributed by atoms with Gasteiger partial charge in [-0.05, 0) is 59.7 Å². The summed E-state index contributed by atoms with van der Waals surface area (Å²) < 4.78 is 25.3. The van der Waals surface area contributed by atoms with Gasteiger partial charge in [0, 0.05) is 5.56 Å². The minimum absolute atomic E-state index is 0.0269. The number of carbonyl (C=O) groups is 3. The molecule has 7 nitrogen and oxygen atoms in total. The molecule has 0 spiro atoms. The number of benzene rings is 4. The van der Waals surface area contributed by atoms with Crippen LogP contribution in [-0.2, 0) is 22.8 Å². The van der Waals surface area contributed by atoms with Crippen LogP contribution in [0.2, 0.25) is 5.02 Å². The standard InChI is InChI=1S/C31H22ClFN2O5/c32-26-17-21(10-15-28(26)40-19-22-8-4-5-9-27(22)33)16-25-29(36)34-31(38)35(30(25)37)23-11-13-24(14-12-23)39-18-20-6-2-1-3-7-20/h1-17H,18-19H2,(H,34,36,38)/b25-16+. The molecule has 0 radical (unpaired) electrons. The van der Waals surface area contributed by atoms with Crippen molar-refractivity contribution in [3.05, 3.63) is 130 Å². The molecule has 40 heavy (non-hydrogen) atoms. The Morgan fingerprint density at radius 2 is 1.55 bits per heavy atom. The lowest BCUT2D eigenvalue weighted by Gasteiger charge is -2.26. The second-order valence-electron chi connectivity index (χ2n) is 8.80. The molecule has 0 unspecified atom stereocenters. The molecular formula is C31H22ClFN2O5. The number of amides is 4. The van der Waals surface area contributed by atoms with Crippen LogP contribution >= 0.6 is 11.6 Å². The summed E-state index contributed by atoms with van der Waals surface area (Å²) in [7, 11) is 0. The number of nitrogens with one attached hydrogen (secondary N) is 1. The Hall–Kier alpha value is -4.95. The van der Waals surface area contributed by atoms with Gasteiger partial charge in [-0.1, -0.05) is 66.2 Å². The number of rotatable bonds is 8. The molecule has 0 bridgehead atoms. The monoisotopic (exact) mass is 556 g/mol. The first kappa shape index (κ1) is 26.6. The Morgan fingerprint density at radius 1 is 0.825 bits per heavy atom. The van der Waals surface area contributed by atoms with Gasteiger partial charge in [0.2, 0.25) is 0 Å². The molecular weight excluding hydrogens is 535 g/mol. The van der Waals surface area contributed by atoms with Crippen molar-refractivity contribution < 1.29 is 28.2 Å². The quantitative estimate of drug-likeness (QED) is 0.203. The fourth-order valence-corrected chi connectivity index (χ4v) is 4.23. The van der Waals surface area contributed by atoms with Gasteiger partial charge in [-0.3, -0.25) is 14.9 Å². The first-order valence-electron chi connectivity index (χ1n) is 12.2. The Bertz CT molecular complexity index is 1610. The SMILES string of the molecule is O=C1NC(=O)N(c2ccc(OCc3ccccc3)cc2)C(=O)/C1=C/c1ccc(OCc2ccccc2F)c(Cl)c1. The van der Waals surface area contributed by atoms with Crippen molar-refractivity contribution >= 4 is 41.2 Å². The number of hydrogen-bond donors (Lipinski definition) is 1. The van der Waals surface area contributed by atoms with Gasteiger partial charge in [0.25, 0.3) is 11.8 Å². The third-order valence-electron chi connectivity index (χ3n) is 6.05. The molecule has 0 saturated carbocycles. The van der Waals surface area contributed by atoms with Crippen LogP contribution in [0.4, 0.5) is 14.9 Å². The molecule has 1 aliphatic rings. The molecule has 0 aliphatic carbocycles. The van der Waals surface area contributed by atoms with Crippen molar-refractivity contribution in [1.82, 2.24) is 5.32 Å². The Morgan fingerprint density at radius 3 is 2.27 bits per heavy atom. The smallest absolute Gasteiger partial charge is 0.335 e. The van der Waals surface area contributed by atoms with Gasteiger partial charge in [-0.15, -0.1) is 0 Å². The average molecular weight is 557 g/mol. The van der Waals surface area contributed by atoms with Crippen LogP contribution in [0.5, 0.6) is 11.5 Å². The van der Waals surface area contributed by atoms with E-state index in [1.807, 2.05) is 30.3 Å². The van der Waals surface area contributed by atoms with Gasteiger partial charge in [-0.25, -0.2) is 14.1 Å². The van der Waals surface area contributed by atoms with Crippen LogP contribution in [0.25, 0.3) is 6.08 Å². The predicted molar refractivity (Wildman–Crippen MR) is 148 cm³/mol. The molecule has 0 atom stereocenters. The summed E-state index contributed by atoms with van der Waals surface area (Å²) in [4.78, 5) is 39.2. The van der Waals surface area contributed by atoms with Crippen LogP contribution in [0.3, 0.4) is 0 Å². The van der Waals surface area contributed by atoms with Crippen LogP contribution in [-0.4, -0.2) is 17.8 Å². The number of anilines is 1. The van der Waals surface area contributed by atoms with E-state index in [0.29, 0.717) is 29.2 Å². The molecule has 4 aromatic carbocycles. The Kier molecular flexibility index (Phi) is 7.89. The normalized spacial score (nSPS) is 14.3. The molecule has 1 heterocycles. The van der Waals surface area contributed by atoms with Crippen molar-refractivity contribution in [3.8, 4) is 11.5 Å². The van der Waals surface area contributed by atoms with E-state index in [1.54, 1.807) is 54.6 Å². The number of halogens is 2. The lowest BCUT2D eigenvalue weighted by molar-refractivity contribution is -0.122. The van der Waals surface area contributed by atoms with Gasteiger partial charge < -0.3 is 9.47 Å². The van der Waals surface area contributed by atoms with Gasteiger partial charge >= 0.3 is 6.03 Å². The number of imide groups is 2. The molecule has 0 aromatic heterocycles. The van der Waals surface area contributed by atoms with Gasteiger partial charge in [0.05, 0.1) is 10.7 Å². The number of hydrogen-bond acceptors (Lipinski definition) is 5. The van der Waals surface area contributed by atoms with Crippen molar-refractivity contribution in [2.24, 2.45) is 0 Å². The zero-order valence-corrected chi connectivity index (χ0v) is 21.7. The highest BCUT2D eigenvalue weighted by atomic mass is 35.5. The third-order valence-corrected chi connectivity index (χ3v) is 6.35. The second kappa shape index (κ2) is 11.8.